The summed E-state index contributed by atoms with van der Waals surface area (Å²) < 4.78 is 25.1. The van der Waals surface area contributed by atoms with E-state index in [4.69, 9.17) is 9.47 Å². The van der Waals surface area contributed by atoms with E-state index in [1.54, 1.807) is 38.1 Å². The van der Waals surface area contributed by atoms with Crippen molar-refractivity contribution in [2.24, 2.45) is 36.6 Å². The lowest BCUT2D eigenvalue weighted by Gasteiger charge is -2.20. The van der Waals surface area contributed by atoms with E-state index in [1.165, 1.54) is 36.4 Å². The van der Waals surface area contributed by atoms with E-state index in [2.05, 4.69) is 49.4 Å². The minimum absolute atomic E-state index is 0.0351. The topological polar surface area (TPSA) is 150 Å². The molecule has 0 unspecified atom stereocenters. The Morgan fingerprint density at radius 2 is 1.18 bits per heavy atom. The summed E-state index contributed by atoms with van der Waals surface area (Å²) in [5, 5.41) is 35.0. The Labute approximate surface area is 290 Å². The number of esters is 2. The van der Waals surface area contributed by atoms with Crippen LogP contribution in [-0.4, -0.2) is 43.3 Å². The summed E-state index contributed by atoms with van der Waals surface area (Å²) in [6.45, 7) is 9.98. The Hall–Kier alpha value is -5.85. The summed E-state index contributed by atoms with van der Waals surface area (Å²) in [4.78, 5) is 26.0. The van der Waals surface area contributed by atoms with Crippen molar-refractivity contribution < 1.29 is 28.6 Å². The Kier molecular flexibility index (Phi) is 13.8. The average Bonchev–Trinajstić information content (AvgIpc) is 3.12. The van der Waals surface area contributed by atoms with Crippen LogP contribution in [0.2, 0.25) is 0 Å². The number of unbranched alkanes of at least 4 members (excludes halogenated alkanes) is 1. The maximum Gasteiger partial charge on any atom is 0.338 e. The van der Waals surface area contributed by atoms with Crippen LogP contribution in [0.3, 0.4) is 0 Å². The molecule has 0 amide bonds. The minimum atomic E-state index is -0.690. The van der Waals surface area contributed by atoms with Gasteiger partial charge in [-0.25, -0.2) is 9.18 Å². The van der Waals surface area contributed by atoms with Crippen LogP contribution in [-0.2, 0) is 14.3 Å². The van der Waals surface area contributed by atoms with Crippen LogP contribution >= 0.6 is 0 Å². The SMILES string of the molecule is CCN(CC)c1ccc(N=Nc2ccc(N=Nc3ccc(N=Nc4ccc(C(=O)OCCCCOC(=O)C(C)C)cc4O)c(F)c3)cc2)cc1. The van der Waals surface area contributed by atoms with E-state index in [9.17, 15) is 19.1 Å². The number of halogens is 1. The van der Waals surface area contributed by atoms with Gasteiger partial charge >= 0.3 is 11.9 Å². The summed E-state index contributed by atoms with van der Waals surface area (Å²) in [5.41, 5.74) is 3.41. The number of azo groups is 3. The molecule has 0 saturated heterocycles. The zero-order valence-corrected chi connectivity index (χ0v) is 28.5. The van der Waals surface area contributed by atoms with Gasteiger partial charge in [0.25, 0.3) is 0 Å². The number of hydrogen-bond donors (Lipinski definition) is 1. The lowest BCUT2D eigenvalue weighted by Crippen LogP contribution is -2.21. The first-order valence-corrected chi connectivity index (χ1v) is 16.3. The molecule has 50 heavy (non-hydrogen) atoms. The molecule has 0 aromatic heterocycles. The summed E-state index contributed by atoms with van der Waals surface area (Å²) in [7, 11) is 0. The van der Waals surface area contributed by atoms with Crippen LogP contribution in [0.5, 0.6) is 5.75 Å². The van der Waals surface area contributed by atoms with Gasteiger partial charge in [0.1, 0.15) is 17.1 Å². The van der Waals surface area contributed by atoms with Crippen LogP contribution in [0.15, 0.2) is 116 Å². The van der Waals surface area contributed by atoms with Gasteiger partial charge in [0.05, 0.1) is 47.4 Å². The predicted molar refractivity (Wildman–Crippen MR) is 189 cm³/mol. The Morgan fingerprint density at radius 1 is 0.680 bits per heavy atom. The largest absolute Gasteiger partial charge is 0.506 e. The highest BCUT2D eigenvalue weighted by Gasteiger charge is 2.12. The molecule has 0 fully saturated rings. The molecule has 0 atom stereocenters. The molecule has 0 heterocycles. The highest BCUT2D eigenvalue weighted by Crippen LogP contribution is 2.32. The summed E-state index contributed by atoms with van der Waals surface area (Å²) >= 11 is 0. The second-order valence-corrected chi connectivity index (χ2v) is 11.3. The number of phenolic OH excluding ortho intramolecular Hbond substituents is 1. The molecule has 4 aromatic rings. The lowest BCUT2D eigenvalue weighted by molar-refractivity contribution is -0.147. The van der Waals surface area contributed by atoms with Gasteiger partial charge in [-0.2, -0.15) is 20.5 Å². The van der Waals surface area contributed by atoms with Crippen molar-refractivity contribution in [2.75, 3.05) is 31.2 Å². The second-order valence-electron chi connectivity index (χ2n) is 11.3. The molecule has 0 aliphatic heterocycles. The molecule has 260 valence electrons. The number of aromatic hydroxyl groups is 1. The maximum absolute atomic E-state index is 14.8. The molecule has 4 rings (SSSR count). The molecule has 13 heteroatoms. The van der Waals surface area contributed by atoms with Crippen LogP contribution in [0.4, 0.5) is 44.2 Å². The van der Waals surface area contributed by atoms with E-state index in [-0.39, 0.29) is 53.5 Å². The zero-order chi connectivity index (χ0) is 35.9. The number of hydrogen-bond acceptors (Lipinski definition) is 12. The number of rotatable bonds is 16. The van der Waals surface area contributed by atoms with Crippen LogP contribution < -0.4 is 4.90 Å². The average molecular weight is 682 g/mol. The molecule has 1 N–H and O–H groups in total. The van der Waals surface area contributed by atoms with E-state index in [0.717, 1.165) is 24.5 Å². The third-order valence-corrected chi connectivity index (χ3v) is 7.29. The highest BCUT2D eigenvalue weighted by atomic mass is 19.1. The van der Waals surface area contributed by atoms with Crippen LogP contribution in [0.1, 0.15) is 50.9 Å². The molecule has 4 aromatic carbocycles. The normalized spacial score (nSPS) is 11.6. The number of carbonyl (C=O) groups excluding carboxylic acids is 2. The number of anilines is 1. The standard InChI is InChI=1S/C37H40FN7O5/c1-5-45(6-2)31-17-14-29(15-18-31)40-39-27-10-12-28(13-11-27)41-42-30-16-20-33(32(38)24-30)43-44-34-19-9-26(23-35(34)46)37(48)50-22-8-7-21-49-36(47)25(3)4/h9-20,23-25,46H,5-8,21-22H2,1-4H3. The van der Waals surface area contributed by atoms with Gasteiger partial charge in [0, 0.05) is 24.8 Å². The monoisotopic (exact) mass is 681 g/mol. The molecular weight excluding hydrogens is 641 g/mol. The first kappa shape index (κ1) is 37.0. The molecule has 0 bridgehead atoms. The Bertz CT molecular complexity index is 1820. The van der Waals surface area contributed by atoms with E-state index in [1.807, 2.05) is 24.3 Å². The van der Waals surface area contributed by atoms with Crippen molar-refractivity contribution in [1.29, 1.82) is 0 Å². The molecule has 0 spiro atoms. The second kappa shape index (κ2) is 18.6. The molecule has 0 aliphatic carbocycles. The number of ether oxygens (including phenoxy) is 2. The highest BCUT2D eigenvalue weighted by molar-refractivity contribution is 5.90. The number of phenols is 1. The van der Waals surface area contributed by atoms with Gasteiger partial charge in [-0.3, -0.25) is 4.79 Å². The Morgan fingerprint density at radius 3 is 1.72 bits per heavy atom. The van der Waals surface area contributed by atoms with Gasteiger partial charge in [-0.1, -0.05) is 13.8 Å². The molecule has 0 aliphatic rings. The third-order valence-electron chi connectivity index (χ3n) is 7.29. The Balaban J connectivity index is 1.27. The smallest absolute Gasteiger partial charge is 0.338 e. The van der Waals surface area contributed by atoms with Gasteiger partial charge in [0.2, 0.25) is 0 Å². The lowest BCUT2D eigenvalue weighted by atomic mass is 10.2. The summed E-state index contributed by atoms with van der Waals surface area (Å²) in [6.07, 6.45) is 1.06. The molecular formula is C37H40FN7O5. The first-order chi connectivity index (χ1) is 24.2. The summed E-state index contributed by atoms with van der Waals surface area (Å²) in [6, 6.07) is 22.9. The number of benzene rings is 4. The van der Waals surface area contributed by atoms with Crippen molar-refractivity contribution in [3.05, 3.63) is 96.3 Å². The van der Waals surface area contributed by atoms with Crippen molar-refractivity contribution in [2.45, 2.75) is 40.5 Å². The fourth-order valence-electron chi connectivity index (χ4n) is 4.41. The third kappa shape index (κ3) is 11.1. The van der Waals surface area contributed by atoms with Gasteiger partial charge in [-0.15, -0.1) is 10.2 Å². The van der Waals surface area contributed by atoms with Gasteiger partial charge in [0.15, 0.2) is 5.82 Å². The van der Waals surface area contributed by atoms with Gasteiger partial charge < -0.3 is 19.5 Å². The zero-order valence-electron chi connectivity index (χ0n) is 28.5. The fourth-order valence-corrected chi connectivity index (χ4v) is 4.41. The van der Waals surface area contributed by atoms with E-state index < -0.39 is 11.8 Å². The van der Waals surface area contributed by atoms with Gasteiger partial charge in [-0.05, 0) is 106 Å². The maximum atomic E-state index is 14.8. The predicted octanol–water partition coefficient (Wildman–Crippen LogP) is 10.8. The van der Waals surface area contributed by atoms with Crippen molar-refractivity contribution in [3.63, 3.8) is 0 Å². The summed E-state index contributed by atoms with van der Waals surface area (Å²) in [5.74, 6) is -2.12. The van der Waals surface area contributed by atoms with E-state index in [0.29, 0.717) is 24.2 Å². The molecule has 0 saturated carbocycles. The fraction of sp³-hybridized carbons (Fsp3) is 0.297. The molecule has 12 nitrogen and oxygen atoms in total. The minimum Gasteiger partial charge on any atom is -0.506 e. The number of carbonyl (C=O) groups is 2. The van der Waals surface area contributed by atoms with E-state index >= 15 is 0 Å². The van der Waals surface area contributed by atoms with Crippen LogP contribution in [0.25, 0.3) is 0 Å². The number of nitrogens with zero attached hydrogens (tertiary/aromatic N) is 7. The van der Waals surface area contributed by atoms with Crippen molar-refractivity contribution in [3.8, 4) is 5.75 Å². The van der Waals surface area contributed by atoms with Crippen LogP contribution in [0, 0.1) is 11.7 Å². The first-order valence-electron chi connectivity index (χ1n) is 16.3. The van der Waals surface area contributed by atoms with Crippen molar-refractivity contribution in [1.82, 2.24) is 0 Å². The quantitative estimate of drug-likeness (QED) is 0.0706. The molecule has 0 radical (unpaired) electrons. The van der Waals surface area contributed by atoms with Crippen molar-refractivity contribution >= 4 is 51.8 Å².